The highest BCUT2D eigenvalue weighted by molar-refractivity contribution is 5.66. The first-order valence-corrected chi connectivity index (χ1v) is 3.31. The van der Waals surface area contributed by atoms with Gasteiger partial charge in [-0.3, -0.25) is 4.79 Å². The van der Waals surface area contributed by atoms with Gasteiger partial charge >= 0.3 is 5.97 Å². The average molecular weight is 155 g/mol. The lowest BCUT2D eigenvalue weighted by molar-refractivity contribution is -0.136. The summed E-state index contributed by atoms with van der Waals surface area (Å²) in [6.07, 6.45) is 2.02. The van der Waals surface area contributed by atoms with Crippen molar-refractivity contribution in [1.82, 2.24) is 4.98 Å². The normalized spacial score (nSPS) is 9.91. The third-order valence-corrected chi connectivity index (χ3v) is 1.26. The summed E-state index contributed by atoms with van der Waals surface area (Å²) in [4.78, 5) is 14.1. The van der Waals surface area contributed by atoms with Gasteiger partial charge in [0.1, 0.15) is 6.26 Å². The summed E-state index contributed by atoms with van der Waals surface area (Å²) in [6, 6.07) is 0. The van der Waals surface area contributed by atoms with E-state index in [1.807, 2.05) is 0 Å². The van der Waals surface area contributed by atoms with Gasteiger partial charge in [0.2, 0.25) is 0 Å². The maximum Gasteiger partial charge on any atom is 0.303 e. The molecule has 0 aliphatic heterocycles. The van der Waals surface area contributed by atoms with Crippen LogP contribution in [-0.4, -0.2) is 16.1 Å². The molecule has 11 heavy (non-hydrogen) atoms. The Hall–Kier alpha value is -1.32. The molecule has 0 aliphatic rings. The first kappa shape index (κ1) is 7.78. The smallest absolute Gasteiger partial charge is 0.303 e. The third-order valence-electron chi connectivity index (χ3n) is 1.26. The lowest BCUT2D eigenvalue weighted by atomic mass is 10.2. The van der Waals surface area contributed by atoms with E-state index in [0.717, 1.165) is 0 Å². The summed E-state index contributed by atoms with van der Waals surface area (Å²) in [7, 11) is 0. The fraction of sp³-hybridized carbons (Fsp3) is 0.429. The fourth-order valence-corrected chi connectivity index (χ4v) is 0.758. The van der Waals surface area contributed by atoms with Gasteiger partial charge in [-0.2, -0.15) is 0 Å². The lowest BCUT2D eigenvalue weighted by Crippen LogP contribution is -1.97. The number of hydrogen-bond donors (Lipinski definition) is 1. The van der Waals surface area contributed by atoms with Gasteiger partial charge in [-0.05, 0) is 0 Å². The van der Waals surface area contributed by atoms with Crippen LogP contribution >= 0.6 is 0 Å². The van der Waals surface area contributed by atoms with Crippen molar-refractivity contribution in [3.63, 3.8) is 0 Å². The zero-order valence-corrected chi connectivity index (χ0v) is 6.20. The number of aromatic nitrogens is 1. The molecule has 0 saturated carbocycles. The summed E-state index contributed by atoms with van der Waals surface area (Å²) in [5.74, 6) is -0.240. The zero-order valence-electron chi connectivity index (χ0n) is 6.20. The van der Waals surface area contributed by atoms with Crippen LogP contribution in [0.25, 0.3) is 0 Å². The second-order valence-electron chi connectivity index (χ2n) is 2.25. The molecular formula is C7H9NO3. The summed E-state index contributed by atoms with van der Waals surface area (Å²) >= 11 is 0. The van der Waals surface area contributed by atoms with Crippen molar-refractivity contribution in [2.24, 2.45) is 0 Å². The van der Waals surface area contributed by atoms with Crippen molar-refractivity contribution in [3.05, 3.63) is 17.8 Å². The predicted molar refractivity (Wildman–Crippen MR) is 37.2 cm³/mol. The van der Waals surface area contributed by atoms with Gasteiger partial charge in [-0.15, -0.1) is 0 Å². The van der Waals surface area contributed by atoms with E-state index in [1.165, 1.54) is 6.26 Å². The number of oxazole rings is 1. The van der Waals surface area contributed by atoms with Crippen molar-refractivity contribution in [1.29, 1.82) is 0 Å². The van der Waals surface area contributed by atoms with Gasteiger partial charge in [0.05, 0.1) is 12.1 Å². The maximum absolute atomic E-state index is 10.1. The minimum atomic E-state index is -0.814. The molecule has 1 aromatic rings. The van der Waals surface area contributed by atoms with Gasteiger partial charge in [0.25, 0.3) is 0 Å². The highest BCUT2D eigenvalue weighted by Gasteiger charge is 2.02. The van der Waals surface area contributed by atoms with E-state index in [2.05, 4.69) is 4.98 Å². The number of nitrogens with zero attached hydrogens (tertiary/aromatic N) is 1. The molecule has 60 valence electrons. The number of rotatable bonds is 3. The van der Waals surface area contributed by atoms with E-state index in [1.54, 1.807) is 6.92 Å². The van der Waals surface area contributed by atoms with Crippen molar-refractivity contribution in [3.8, 4) is 0 Å². The largest absolute Gasteiger partial charge is 0.481 e. The van der Waals surface area contributed by atoms with E-state index in [-0.39, 0.29) is 6.42 Å². The Morgan fingerprint density at radius 3 is 3.00 bits per heavy atom. The molecule has 0 saturated heterocycles. The quantitative estimate of drug-likeness (QED) is 0.707. The van der Waals surface area contributed by atoms with Gasteiger partial charge in [0.15, 0.2) is 5.89 Å². The molecule has 0 aromatic carbocycles. The SMILES string of the molecule is Cc1nc(CCC(=O)O)co1. The molecular weight excluding hydrogens is 146 g/mol. The van der Waals surface area contributed by atoms with Gasteiger partial charge in [-0.1, -0.05) is 0 Å². The van der Waals surface area contributed by atoms with E-state index in [4.69, 9.17) is 9.52 Å². The molecule has 0 amide bonds. The average Bonchev–Trinajstić information content (AvgIpc) is 2.31. The summed E-state index contributed by atoms with van der Waals surface area (Å²) < 4.78 is 4.89. The van der Waals surface area contributed by atoms with Crippen LogP contribution in [0.3, 0.4) is 0 Å². The number of carboxylic acids is 1. The number of carbonyl (C=O) groups is 1. The standard InChI is InChI=1S/C7H9NO3/c1-5-8-6(4-11-5)2-3-7(9)10/h4H,2-3H2,1H3,(H,9,10). The summed E-state index contributed by atoms with van der Waals surface area (Å²) in [5, 5.41) is 8.32. The molecule has 0 bridgehead atoms. The second kappa shape index (κ2) is 3.18. The van der Waals surface area contributed by atoms with Crippen LogP contribution in [0.15, 0.2) is 10.7 Å². The number of aliphatic carboxylic acids is 1. The molecule has 4 heteroatoms. The maximum atomic E-state index is 10.1. The highest BCUT2D eigenvalue weighted by atomic mass is 16.4. The molecule has 0 fully saturated rings. The van der Waals surface area contributed by atoms with Gasteiger partial charge < -0.3 is 9.52 Å². The molecule has 0 unspecified atom stereocenters. The van der Waals surface area contributed by atoms with Crippen LogP contribution in [0.4, 0.5) is 0 Å². The monoisotopic (exact) mass is 155 g/mol. The molecule has 1 N–H and O–H groups in total. The van der Waals surface area contributed by atoms with Gasteiger partial charge in [0, 0.05) is 13.3 Å². The van der Waals surface area contributed by atoms with Crippen molar-refractivity contribution >= 4 is 5.97 Å². The van der Waals surface area contributed by atoms with Crippen LogP contribution in [-0.2, 0) is 11.2 Å². The van der Waals surface area contributed by atoms with Crippen LogP contribution in [0.2, 0.25) is 0 Å². The van der Waals surface area contributed by atoms with E-state index < -0.39 is 5.97 Å². The number of aryl methyl sites for hydroxylation is 2. The Morgan fingerprint density at radius 2 is 2.55 bits per heavy atom. The zero-order chi connectivity index (χ0) is 8.27. The van der Waals surface area contributed by atoms with E-state index in [9.17, 15) is 4.79 Å². The molecule has 4 nitrogen and oxygen atoms in total. The Balaban J connectivity index is 2.45. The first-order chi connectivity index (χ1) is 5.18. The number of carboxylic acid groups (broad SMARTS) is 1. The summed E-state index contributed by atoms with van der Waals surface area (Å²) in [6.45, 7) is 1.73. The molecule has 0 atom stereocenters. The van der Waals surface area contributed by atoms with E-state index in [0.29, 0.717) is 18.0 Å². The number of hydrogen-bond acceptors (Lipinski definition) is 3. The molecule has 1 aromatic heterocycles. The fourth-order valence-electron chi connectivity index (χ4n) is 0.758. The van der Waals surface area contributed by atoms with Crippen LogP contribution in [0, 0.1) is 6.92 Å². The molecule has 0 spiro atoms. The summed E-state index contributed by atoms with van der Waals surface area (Å²) in [5.41, 5.74) is 0.699. The predicted octanol–water partition coefficient (Wildman–Crippen LogP) is 1.00. The molecule has 1 rings (SSSR count). The van der Waals surface area contributed by atoms with Crippen LogP contribution < -0.4 is 0 Å². The minimum absolute atomic E-state index is 0.103. The van der Waals surface area contributed by atoms with Crippen LogP contribution in [0.1, 0.15) is 18.0 Å². The van der Waals surface area contributed by atoms with Gasteiger partial charge in [-0.25, -0.2) is 4.98 Å². The third kappa shape index (κ3) is 2.41. The van der Waals surface area contributed by atoms with Crippen LogP contribution in [0.5, 0.6) is 0 Å². The second-order valence-corrected chi connectivity index (χ2v) is 2.25. The topological polar surface area (TPSA) is 63.3 Å². The Bertz CT molecular complexity index is 254. The van der Waals surface area contributed by atoms with Crippen molar-refractivity contribution in [2.45, 2.75) is 19.8 Å². The van der Waals surface area contributed by atoms with E-state index >= 15 is 0 Å². The lowest BCUT2D eigenvalue weighted by Gasteiger charge is -1.87. The minimum Gasteiger partial charge on any atom is -0.481 e. The molecule has 0 radical (unpaired) electrons. The first-order valence-electron chi connectivity index (χ1n) is 3.31. The molecule has 0 aliphatic carbocycles. The molecule has 1 heterocycles. The van der Waals surface area contributed by atoms with Crippen molar-refractivity contribution < 1.29 is 14.3 Å². The highest BCUT2D eigenvalue weighted by Crippen LogP contribution is 2.02. The van der Waals surface area contributed by atoms with Crippen molar-refractivity contribution in [2.75, 3.05) is 0 Å². The Morgan fingerprint density at radius 1 is 1.82 bits per heavy atom. The Labute approximate surface area is 63.9 Å². The Kier molecular flexibility index (Phi) is 2.25.